The highest BCUT2D eigenvalue weighted by Crippen LogP contribution is 2.22. The monoisotopic (exact) mass is 271 g/mol. The molecular formula is C14H29N3S. The number of thioether (sulfide) groups is 1. The van der Waals surface area contributed by atoms with E-state index in [0.717, 1.165) is 11.7 Å². The second kappa shape index (κ2) is 7.39. The minimum atomic E-state index is 0.483. The number of nitrogens with one attached hydrogen (secondary N) is 1. The van der Waals surface area contributed by atoms with Crippen LogP contribution in [0.15, 0.2) is 4.99 Å². The van der Waals surface area contributed by atoms with Crippen LogP contribution in [0, 0.1) is 11.8 Å². The second-order valence-corrected chi connectivity index (χ2v) is 7.22. The summed E-state index contributed by atoms with van der Waals surface area (Å²) < 4.78 is 0. The predicted molar refractivity (Wildman–Crippen MR) is 83.5 cm³/mol. The number of hydrogen-bond acceptors (Lipinski definition) is 4. The van der Waals surface area contributed by atoms with Gasteiger partial charge in [0, 0.05) is 18.3 Å². The molecule has 0 saturated heterocycles. The molecule has 1 aliphatic rings. The van der Waals surface area contributed by atoms with Gasteiger partial charge < -0.3 is 10.2 Å². The van der Waals surface area contributed by atoms with Crippen molar-refractivity contribution in [3.05, 3.63) is 0 Å². The second-order valence-electron chi connectivity index (χ2n) is 6.14. The quantitative estimate of drug-likeness (QED) is 0.833. The van der Waals surface area contributed by atoms with E-state index in [2.05, 4.69) is 52.0 Å². The van der Waals surface area contributed by atoms with Gasteiger partial charge >= 0.3 is 0 Å². The van der Waals surface area contributed by atoms with E-state index in [9.17, 15) is 0 Å². The topological polar surface area (TPSA) is 27.6 Å². The Balaban J connectivity index is 2.62. The summed E-state index contributed by atoms with van der Waals surface area (Å²) >= 11 is 1.88. The Morgan fingerprint density at radius 1 is 1.33 bits per heavy atom. The lowest BCUT2D eigenvalue weighted by Crippen LogP contribution is -2.45. The molecule has 0 spiro atoms. The Hall–Kier alpha value is -0.220. The van der Waals surface area contributed by atoms with Gasteiger partial charge in [-0.3, -0.25) is 4.99 Å². The van der Waals surface area contributed by atoms with Crippen molar-refractivity contribution in [3.8, 4) is 0 Å². The zero-order valence-electron chi connectivity index (χ0n) is 12.7. The summed E-state index contributed by atoms with van der Waals surface area (Å²) in [4.78, 5) is 7.10. The van der Waals surface area contributed by atoms with Crippen molar-refractivity contribution in [2.24, 2.45) is 16.8 Å². The van der Waals surface area contributed by atoms with Crippen molar-refractivity contribution < 1.29 is 0 Å². The summed E-state index contributed by atoms with van der Waals surface area (Å²) in [6.07, 6.45) is 1.22. The molecule has 0 fully saturated rings. The molecule has 0 aromatic heterocycles. The van der Waals surface area contributed by atoms with Crippen LogP contribution in [0.2, 0.25) is 0 Å². The lowest BCUT2D eigenvalue weighted by Gasteiger charge is -2.30. The zero-order valence-corrected chi connectivity index (χ0v) is 13.5. The van der Waals surface area contributed by atoms with Crippen LogP contribution >= 0.6 is 11.8 Å². The van der Waals surface area contributed by atoms with Crippen LogP contribution in [0.4, 0.5) is 0 Å². The van der Waals surface area contributed by atoms with E-state index in [-0.39, 0.29) is 0 Å². The van der Waals surface area contributed by atoms with E-state index in [0.29, 0.717) is 23.9 Å². The van der Waals surface area contributed by atoms with Gasteiger partial charge in [-0.25, -0.2) is 0 Å². The average molecular weight is 271 g/mol. The van der Waals surface area contributed by atoms with Gasteiger partial charge in [0.15, 0.2) is 5.17 Å². The molecule has 2 atom stereocenters. The maximum atomic E-state index is 4.86. The fourth-order valence-corrected chi connectivity index (χ4v) is 3.06. The van der Waals surface area contributed by atoms with Gasteiger partial charge in [-0.15, -0.1) is 0 Å². The average Bonchev–Trinajstić information content (AvgIpc) is 2.27. The SMILES string of the molecule is CC(C)C1CCSC(NC(CN(C)C)C(C)C)=N1. The maximum Gasteiger partial charge on any atom is 0.157 e. The van der Waals surface area contributed by atoms with Gasteiger partial charge in [-0.05, 0) is 32.4 Å². The number of hydrogen-bond donors (Lipinski definition) is 1. The molecule has 0 saturated carbocycles. The molecule has 0 aromatic rings. The highest BCUT2D eigenvalue weighted by molar-refractivity contribution is 8.13. The molecule has 0 radical (unpaired) electrons. The Kier molecular flexibility index (Phi) is 6.50. The molecule has 1 aliphatic heterocycles. The number of amidine groups is 1. The van der Waals surface area contributed by atoms with Gasteiger partial charge in [-0.2, -0.15) is 0 Å². The highest BCUT2D eigenvalue weighted by atomic mass is 32.2. The van der Waals surface area contributed by atoms with Crippen LogP contribution in [0.5, 0.6) is 0 Å². The third-order valence-corrected chi connectivity index (χ3v) is 4.32. The molecule has 0 aliphatic carbocycles. The molecule has 1 N–H and O–H groups in total. The van der Waals surface area contributed by atoms with Gasteiger partial charge in [0.1, 0.15) is 0 Å². The fraction of sp³-hybridized carbons (Fsp3) is 0.929. The molecule has 18 heavy (non-hydrogen) atoms. The van der Waals surface area contributed by atoms with Crippen molar-refractivity contribution in [1.29, 1.82) is 0 Å². The lowest BCUT2D eigenvalue weighted by molar-refractivity contribution is 0.313. The first-order chi connectivity index (χ1) is 8.40. The van der Waals surface area contributed by atoms with E-state index in [1.807, 2.05) is 11.8 Å². The van der Waals surface area contributed by atoms with E-state index in [4.69, 9.17) is 4.99 Å². The first kappa shape index (κ1) is 15.8. The van der Waals surface area contributed by atoms with Crippen molar-refractivity contribution >= 4 is 16.9 Å². The summed E-state index contributed by atoms with van der Waals surface area (Å²) in [7, 11) is 4.26. The molecule has 0 aromatic carbocycles. The molecule has 3 nitrogen and oxygen atoms in total. The summed E-state index contributed by atoms with van der Waals surface area (Å²) in [5.41, 5.74) is 0. The van der Waals surface area contributed by atoms with Crippen LogP contribution in [-0.4, -0.2) is 48.5 Å². The Bertz CT molecular complexity index is 274. The smallest absolute Gasteiger partial charge is 0.157 e. The molecule has 106 valence electrons. The Labute approximate surface area is 117 Å². The van der Waals surface area contributed by atoms with Crippen LogP contribution < -0.4 is 5.32 Å². The molecule has 4 heteroatoms. The number of nitrogens with zero attached hydrogens (tertiary/aromatic N) is 2. The van der Waals surface area contributed by atoms with Gasteiger partial charge in [-0.1, -0.05) is 39.5 Å². The standard InChI is InChI=1S/C14H29N3S/c1-10(2)12-7-8-18-14(15-12)16-13(11(3)4)9-17(5)6/h10-13H,7-9H2,1-6H3,(H,15,16). The minimum Gasteiger partial charge on any atom is -0.361 e. The predicted octanol–water partition coefficient (Wildman–Crippen LogP) is 2.68. The van der Waals surface area contributed by atoms with Gasteiger partial charge in [0.25, 0.3) is 0 Å². The summed E-state index contributed by atoms with van der Waals surface area (Å²) in [6, 6.07) is 0.984. The highest BCUT2D eigenvalue weighted by Gasteiger charge is 2.22. The molecule has 1 heterocycles. The zero-order chi connectivity index (χ0) is 13.7. The largest absolute Gasteiger partial charge is 0.361 e. The molecule has 2 unspecified atom stereocenters. The Morgan fingerprint density at radius 3 is 2.50 bits per heavy atom. The van der Waals surface area contributed by atoms with E-state index >= 15 is 0 Å². The van der Waals surface area contributed by atoms with Crippen molar-refractivity contribution in [1.82, 2.24) is 10.2 Å². The van der Waals surface area contributed by atoms with Gasteiger partial charge in [0.2, 0.25) is 0 Å². The number of likely N-dealkylation sites (N-methyl/N-ethyl adjacent to an activating group) is 1. The number of rotatable bonds is 5. The fourth-order valence-electron chi connectivity index (χ4n) is 2.07. The van der Waals surface area contributed by atoms with Crippen molar-refractivity contribution in [3.63, 3.8) is 0 Å². The van der Waals surface area contributed by atoms with E-state index in [1.54, 1.807) is 0 Å². The summed E-state index contributed by atoms with van der Waals surface area (Å²) in [5, 5.41) is 4.80. The first-order valence-corrected chi connectivity index (χ1v) is 8.00. The number of aliphatic imine (C=N–C) groups is 1. The van der Waals surface area contributed by atoms with E-state index in [1.165, 1.54) is 12.2 Å². The maximum absolute atomic E-state index is 4.86. The van der Waals surface area contributed by atoms with Crippen LogP contribution in [0.1, 0.15) is 34.1 Å². The summed E-state index contributed by atoms with van der Waals surface area (Å²) in [5.74, 6) is 2.46. The molecule has 0 amide bonds. The summed E-state index contributed by atoms with van der Waals surface area (Å²) in [6.45, 7) is 10.1. The van der Waals surface area contributed by atoms with Crippen LogP contribution in [0.25, 0.3) is 0 Å². The third kappa shape index (κ3) is 5.19. The first-order valence-electron chi connectivity index (χ1n) is 7.02. The molecule has 1 rings (SSSR count). The van der Waals surface area contributed by atoms with Crippen molar-refractivity contribution in [2.75, 3.05) is 26.4 Å². The third-order valence-electron chi connectivity index (χ3n) is 3.38. The van der Waals surface area contributed by atoms with Crippen LogP contribution in [0.3, 0.4) is 0 Å². The molecule has 0 bridgehead atoms. The van der Waals surface area contributed by atoms with Crippen LogP contribution in [-0.2, 0) is 0 Å². The van der Waals surface area contributed by atoms with E-state index < -0.39 is 0 Å². The Morgan fingerprint density at radius 2 is 2.00 bits per heavy atom. The minimum absolute atomic E-state index is 0.483. The van der Waals surface area contributed by atoms with Crippen molar-refractivity contribution in [2.45, 2.75) is 46.2 Å². The molecular weight excluding hydrogens is 242 g/mol. The van der Waals surface area contributed by atoms with Gasteiger partial charge in [0.05, 0.1) is 6.04 Å². The normalized spacial score (nSPS) is 22.5. The lowest BCUT2D eigenvalue weighted by atomic mass is 10.0.